The van der Waals surface area contributed by atoms with Crippen molar-refractivity contribution >= 4 is 23.3 Å². The quantitative estimate of drug-likeness (QED) is 0.459. The van der Waals surface area contributed by atoms with E-state index in [-0.39, 0.29) is 11.3 Å². The zero-order chi connectivity index (χ0) is 29.0. The number of halogens is 6. The minimum Gasteiger partial charge on any atom is -0.497 e. The largest absolute Gasteiger partial charge is 0.497 e. The summed E-state index contributed by atoms with van der Waals surface area (Å²) < 4.78 is 78.3. The Kier molecular flexibility index (Phi) is 9.36. The predicted octanol–water partition coefficient (Wildman–Crippen LogP) is 5.66. The molecule has 2 atom stereocenters. The molecule has 2 N–H and O–H groups in total. The smallest absolute Gasteiger partial charge is 0.490 e. The van der Waals surface area contributed by atoms with Gasteiger partial charge in [-0.3, -0.25) is 9.69 Å². The first kappa shape index (κ1) is 30.1. The molecule has 2 aromatic rings. The molecule has 2 aliphatic rings. The van der Waals surface area contributed by atoms with E-state index in [9.17, 15) is 31.1 Å². The number of anilines is 2. The number of hydrogen-bond acceptors (Lipinski definition) is 5. The normalized spacial score (nSPS) is 19.8. The van der Waals surface area contributed by atoms with Gasteiger partial charge in [0, 0.05) is 36.4 Å². The van der Waals surface area contributed by atoms with Crippen LogP contribution >= 0.6 is 0 Å². The third-order valence-corrected chi connectivity index (χ3v) is 6.75. The van der Waals surface area contributed by atoms with Crippen molar-refractivity contribution in [2.75, 3.05) is 37.0 Å². The van der Waals surface area contributed by atoms with Gasteiger partial charge in [-0.25, -0.2) is 4.79 Å². The topological polar surface area (TPSA) is 82.1 Å². The van der Waals surface area contributed by atoms with Crippen LogP contribution in [0.1, 0.15) is 42.1 Å². The van der Waals surface area contributed by atoms with Gasteiger partial charge in [-0.15, -0.1) is 0 Å². The lowest BCUT2D eigenvalue weighted by Gasteiger charge is -2.29. The lowest BCUT2D eigenvalue weighted by Crippen LogP contribution is -2.39. The highest BCUT2D eigenvalue weighted by molar-refractivity contribution is 6.04. The van der Waals surface area contributed by atoms with Crippen molar-refractivity contribution in [3.05, 3.63) is 53.6 Å². The second-order valence-corrected chi connectivity index (χ2v) is 9.33. The molecule has 2 heterocycles. The maximum Gasteiger partial charge on any atom is 0.490 e. The van der Waals surface area contributed by atoms with Gasteiger partial charge in [-0.2, -0.15) is 26.3 Å². The van der Waals surface area contributed by atoms with E-state index in [1.807, 2.05) is 4.90 Å². The number of rotatable bonds is 5. The van der Waals surface area contributed by atoms with Gasteiger partial charge in [0.05, 0.1) is 18.4 Å². The molecule has 214 valence electrons. The van der Waals surface area contributed by atoms with Crippen LogP contribution in [0.2, 0.25) is 0 Å². The molecule has 13 heteroatoms. The summed E-state index contributed by atoms with van der Waals surface area (Å²) in [5, 5.41) is 9.55. The average molecular weight is 562 g/mol. The number of ether oxygens (including phenoxy) is 1. The Bertz CT molecular complexity index is 1150. The van der Waals surface area contributed by atoms with E-state index < -0.39 is 29.8 Å². The zero-order valence-corrected chi connectivity index (χ0v) is 21.3. The number of carboxylic acids is 1. The number of amides is 1. The molecule has 0 spiro atoms. The Morgan fingerprint density at radius 1 is 1.00 bits per heavy atom. The van der Waals surface area contributed by atoms with Gasteiger partial charge < -0.3 is 20.1 Å². The number of carbonyl (C=O) groups is 2. The maximum absolute atomic E-state index is 13.8. The van der Waals surface area contributed by atoms with Crippen LogP contribution in [0, 0.1) is 0 Å². The van der Waals surface area contributed by atoms with Crippen molar-refractivity contribution in [2.24, 2.45) is 0 Å². The van der Waals surface area contributed by atoms with Crippen molar-refractivity contribution in [1.82, 2.24) is 4.90 Å². The Labute approximate surface area is 221 Å². The van der Waals surface area contributed by atoms with Gasteiger partial charge in [0.25, 0.3) is 5.91 Å². The molecule has 0 radical (unpaired) electrons. The Morgan fingerprint density at radius 2 is 1.64 bits per heavy atom. The standard InChI is InChI=1S/C24H28F3N3O2.C2HF3O2/c1-16-4-3-12-30(16)19-11-13-29(15-19)18-7-10-22(21(14-18)24(25,26)27)28-23(31)17-5-8-20(32-2)9-6-17;3-2(4,5)1(6)7/h5-10,14,16,19H,3-4,11-13,15H2,1-2H3,(H,28,31);(H,6,7). The van der Waals surface area contributed by atoms with Crippen LogP contribution in [0.15, 0.2) is 42.5 Å². The third-order valence-electron chi connectivity index (χ3n) is 6.75. The van der Waals surface area contributed by atoms with Crippen molar-refractivity contribution < 1.29 is 45.8 Å². The number of carboxylic acid groups (broad SMARTS) is 1. The molecular weight excluding hydrogens is 532 g/mol. The number of alkyl halides is 6. The molecule has 1 amide bonds. The number of hydrogen-bond donors (Lipinski definition) is 2. The van der Waals surface area contributed by atoms with E-state index in [0.717, 1.165) is 32.1 Å². The summed E-state index contributed by atoms with van der Waals surface area (Å²) in [6.07, 6.45) is -6.36. The van der Waals surface area contributed by atoms with Gasteiger partial charge in [0.15, 0.2) is 0 Å². The van der Waals surface area contributed by atoms with Crippen LogP contribution in [0.25, 0.3) is 0 Å². The van der Waals surface area contributed by atoms with Crippen LogP contribution in [-0.4, -0.2) is 66.9 Å². The first-order valence-corrected chi connectivity index (χ1v) is 12.2. The van der Waals surface area contributed by atoms with Gasteiger partial charge in [-0.1, -0.05) is 0 Å². The highest BCUT2D eigenvalue weighted by Crippen LogP contribution is 2.38. The minimum atomic E-state index is -5.08. The monoisotopic (exact) mass is 561 g/mol. The highest BCUT2D eigenvalue weighted by Gasteiger charge is 2.38. The van der Waals surface area contributed by atoms with E-state index in [4.69, 9.17) is 14.6 Å². The molecule has 0 aliphatic carbocycles. The molecule has 2 aliphatic heterocycles. The molecule has 2 fully saturated rings. The number of methoxy groups -OCH3 is 1. The molecule has 0 aromatic heterocycles. The molecule has 2 unspecified atom stereocenters. The fourth-order valence-electron chi connectivity index (χ4n) is 4.75. The first-order chi connectivity index (χ1) is 18.2. The van der Waals surface area contributed by atoms with E-state index in [1.54, 1.807) is 18.2 Å². The third kappa shape index (κ3) is 7.78. The van der Waals surface area contributed by atoms with Crippen molar-refractivity contribution in [3.8, 4) is 5.75 Å². The molecule has 2 aromatic carbocycles. The number of nitrogens with zero attached hydrogens (tertiary/aromatic N) is 2. The van der Waals surface area contributed by atoms with E-state index in [1.165, 1.54) is 38.2 Å². The summed E-state index contributed by atoms with van der Waals surface area (Å²) in [5.74, 6) is -2.79. The van der Waals surface area contributed by atoms with Gasteiger partial charge in [0.2, 0.25) is 0 Å². The number of carbonyl (C=O) groups excluding carboxylic acids is 1. The maximum atomic E-state index is 13.8. The zero-order valence-electron chi connectivity index (χ0n) is 21.3. The molecule has 7 nitrogen and oxygen atoms in total. The van der Waals surface area contributed by atoms with Crippen LogP contribution in [0.4, 0.5) is 37.7 Å². The summed E-state index contributed by atoms with van der Waals surface area (Å²) in [7, 11) is 1.50. The molecule has 0 bridgehead atoms. The molecular formula is C26H29F6N3O4. The Morgan fingerprint density at radius 3 is 2.15 bits per heavy atom. The molecule has 4 rings (SSSR count). The van der Waals surface area contributed by atoms with Crippen LogP contribution in [-0.2, 0) is 11.0 Å². The summed E-state index contributed by atoms with van der Waals surface area (Å²) in [4.78, 5) is 25.9. The summed E-state index contributed by atoms with van der Waals surface area (Å²) in [5.41, 5.74) is -0.292. The average Bonchev–Trinajstić information content (AvgIpc) is 3.52. The lowest BCUT2D eigenvalue weighted by molar-refractivity contribution is -0.192. The number of aliphatic carboxylic acids is 1. The lowest BCUT2D eigenvalue weighted by atomic mass is 10.1. The SMILES string of the molecule is COc1ccc(C(=O)Nc2ccc(N3CCC(N4CCCC4C)C3)cc2C(F)(F)F)cc1.O=C(O)C(F)(F)F. The van der Waals surface area contributed by atoms with E-state index >= 15 is 0 Å². The number of nitrogens with one attached hydrogen (secondary N) is 1. The van der Waals surface area contributed by atoms with Gasteiger partial charge >= 0.3 is 18.3 Å². The van der Waals surface area contributed by atoms with Crippen molar-refractivity contribution in [2.45, 2.75) is 50.6 Å². The van der Waals surface area contributed by atoms with Crippen LogP contribution < -0.4 is 15.0 Å². The van der Waals surface area contributed by atoms with Gasteiger partial charge in [0.1, 0.15) is 5.75 Å². The number of likely N-dealkylation sites (tertiary alicyclic amines) is 1. The second-order valence-electron chi connectivity index (χ2n) is 9.33. The fourth-order valence-corrected chi connectivity index (χ4v) is 4.75. The van der Waals surface area contributed by atoms with Crippen molar-refractivity contribution in [1.29, 1.82) is 0 Å². The summed E-state index contributed by atoms with van der Waals surface area (Å²) in [6, 6.07) is 11.3. The van der Waals surface area contributed by atoms with E-state index in [2.05, 4.69) is 17.1 Å². The fraction of sp³-hybridized carbons (Fsp3) is 0.462. The first-order valence-electron chi connectivity index (χ1n) is 12.2. The number of benzene rings is 2. The molecule has 0 saturated carbocycles. The van der Waals surface area contributed by atoms with Crippen LogP contribution in [0.5, 0.6) is 5.75 Å². The Balaban J connectivity index is 0.000000532. The summed E-state index contributed by atoms with van der Waals surface area (Å²) in [6.45, 7) is 4.73. The minimum absolute atomic E-state index is 0.244. The Hall–Kier alpha value is -3.48. The summed E-state index contributed by atoms with van der Waals surface area (Å²) >= 11 is 0. The molecule has 39 heavy (non-hydrogen) atoms. The van der Waals surface area contributed by atoms with Crippen LogP contribution in [0.3, 0.4) is 0 Å². The van der Waals surface area contributed by atoms with Gasteiger partial charge in [-0.05, 0) is 75.2 Å². The molecule has 2 saturated heterocycles. The van der Waals surface area contributed by atoms with Crippen molar-refractivity contribution in [3.63, 3.8) is 0 Å². The van der Waals surface area contributed by atoms with E-state index in [0.29, 0.717) is 23.5 Å². The predicted molar refractivity (Wildman–Crippen MR) is 132 cm³/mol. The highest BCUT2D eigenvalue weighted by atomic mass is 19.4. The second kappa shape index (κ2) is 12.1.